The molecule has 0 aliphatic carbocycles. The van der Waals surface area contributed by atoms with E-state index in [0.717, 1.165) is 9.26 Å². The van der Waals surface area contributed by atoms with E-state index in [1.165, 1.54) is 0 Å². The molecule has 0 aliphatic rings. The number of nitrogens with zero attached hydrogens (tertiary/aromatic N) is 3. The first-order valence-electron chi connectivity index (χ1n) is 5.23. The molecule has 0 spiro atoms. The quantitative estimate of drug-likeness (QED) is 0.503. The fourth-order valence-corrected chi connectivity index (χ4v) is 1.75. The SMILES string of the molecule is CN(c1cccc(C(=N)N)c1)c1ncc(I)cn1. The van der Waals surface area contributed by atoms with Crippen molar-refractivity contribution in [1.82, 2.24) is 9.97 Å². The Kier molecular flexibility index (Phi) is 3.75. The van der Waals surface area contributed by atoms with E-state index >= 15 is 0 Å². The molecule has 2 aromatic rings. The van der Waals surface area contributed by atoms with E-state index in [2.05, 4.69) is 32.6 Å². The largest absolute Gasteiger partial charge is 0.384 e. The van der Waals surface area contributed by atoms with Crippen LogP contribution in [0.5, 0.6) is 0 Å². The number of nitrogens with two attached hydrogens (primary N) is 1. The topological polar surface area (TPSA) is 78.9 Å². The Morgan fingerprint density at radius 3 is 2.61 bits per heavy atom. The molecule has 0 fully saturated rings. The van der Waals surface area contributed by atoms with E-state index in [1.807, 2.05) is 30.1 Å². The van der Waals surface area contributed by atoms with Crippen LogP contribution in [0.1, 0.15) is 5.56 Å². The molecule has 0 bridgehead atoms. The van der Waals surface area contributed by atoms with Crippen molar-refractivity contribution in [3.63, 3.8) is 0 Å². The Hall–Kier alpha value is -1.70. The lowest BCUT2D eigenvalue weighted by molar-refractivity contribution is 1.03. The first-order valence-corrected chi connectivity index (χ1v) is 6.31. The maximum atomic E-state index is 7.43. The van der Waals surface area contributed by atoms with Gasteiger partial charge in [-0.05, 0) is 34.7 Å². The number of rotatable bonds is 3. The second kappa shape index (κ2) is 5.30. The van der Waals surface area contributed by atoms with Gasteiger partial charge in [-0.3, -0.25) is 5.41 Å². The van der Waals surface area contributed by atoms with E-state index in [-0.39, 0.29) is 5.84 Å². The maximum absolute atomic E-state index is 7.43. The van der Waals surface area contributed by atoms with Crippen LogP contribution < -0.4 is 10.6 Å². The number of nitrogen functional groups attached to an aromatic ring is 1. The molecule has 0 aliphatic heterocycles. The van der Waals surface area contributed by atoms with Gasteiger partial charge in [-0.2, -0.15) is 0 Å². The second-order valence-electron chi connectivity index (χ2n) is 3.72. The zero-order valence-corrected chi connectivity index (χ0v) is 11.9. The number of benzene rings is 1. The molecule has 0 radical (unpaired) electrons. The van der Waals surface area contributed by atoms with E-state index in [4.69, 9.17) is 11.1 Å². The highest BCUT2D eigenvalue weighted by Gasteiger charge is 2.07. The molecule has 0 unspecified atom stereocenters. The fourth-order valence-electron chi connectivity index (χ4n) is 1.48. The maximum Gasteiger partial charge on any atom is 0.229 e. The van der Waals surface area contributed by atoms with Gasteiger partial charge in [0.2, 0.25) is 5.95 Å². The molecule has 0 saturated heterocycles. The predicted octanol–water partition coefficient (Wildman–Crippen LogP) is 2.13. The molecule has 6 heteroatoms. The average Bonchev–Trinajstić information content (AvgIpc) is 2.39. The average molecular weight is 353 g/mol. The zero-order valence-electron chi connectivity index (χ0n) is 9.76. The Balaban J connectivity index is 2.33. The lowest BCUT2D eigenvalue weighted by atomic mass is 10.2. The summed E-state index contributed by atoms with van der Waals surface area (Å²) in [7, 11) is 1.88. The Labute approximate surface area is 119 Å². The normalized spacial score (nSPS) is 10.1. The van der Waals surface area contributed by atoms with Crippen molar-refractivity contribution in [3.05, 3.63) is 45.8 Å². The number of halogens is 1. The first-order chi connectivity index (χ1) is 8.58. The smallest absolute Gasteiger partial charge is 0.229 e. The summed E-state index contributed by atoms with van der Waals surface area (Å²) in [4.78, 5) is 10.4. The third-order valence-corrected chi connectivity index (χ3v) is 3.01. The molecule has 1 heterocycles. The van der Waals surface area contributed by atoms with E-state index in [1.54, 1.807) is 18.5 Å². The fraction of sp³-hybridized carbons (Fsp3) is 0.0833. The molecule has 0 amide bonds. The van der Waals surface area contributed by atoms with Crippen molar-refractivity contribution in [1.29, 1.82) is 5.41 Å². The summed E-state index contributed by atoms with van der Waals surface area (Å²) in [5, 5.41) is 7.43. The number of hydrogen-bond donors (Lipinski definition) is 2. The second-order valence-corrected chi connectivity index (χ2v) is 4.97. The van der Waals surface area contributed by atoms with Crippen LogP contribution in [0.3, 0.4) is 0 Å². The van der Waals surface area contributed by atoms with Gasteiger partial charge in [-0.1, -0.05) is 12.1 Å². The van der Waals surface area contributed by atoms with Crippen LogP contribution >= 0.6 is 22.6 Å². The minimum atomic E-state index is 0.0498. The molecule has 0 atom stereocenters. The van der Waals surface area contributed by atoms with E-state index in [9.17, 15) is 0 Å². The van der Waals surface area contributed by atoms with E-state index in [0.29, 0.717) is 11.5 Å². The Morgan fingerprint density at radius 2 is 2.00 bits per heavy atom. The van der Waals surface area contributed by atoms with Gasteiger partial charge in [-0.15, -0.1) is 0 Å². The van der Waals surface area contributed by atoms with Crippen LogP contribution in [0.25, 0.3) is 0 Å². The van der Waals surface area contributed by atoms with Gasteiger partial charge in [0.25, 0.3) is 0 Å². The van der Waals surface area contributed by atoms with Gasteiger partial charge in [0, 0.05) is 34.3 Å². The molecular formula is C12H12IN5. The van der Waals surface area contributed by atoms with Crippen molar-refractivity contribution in [2.45, 2.75) is 0 Å². The van der Waals surface area contributed by atoms with Gasteiger partial charge < -0.3 is 10.6 Å². The first kappa shape index (κ1) is 12.7. The van der Waals surface area contributed by atoms with Crippen LogP contribution in [-0.2, 0) is 0 Å². The number of hydrogen-bond acceptors (Lipinski definition) is 4. The number of aromatic nitrogens is 2. The lowest BCUT2D eigenvalue weighted by Gasteiger charge is -2.17. The molecule has 5 nitrogen and oxygen atoms in total. The third-order valence-electron chi connectivity index (χ3n) is 2.45. The molecule has 0 saturated carbocycles. The van der Waals surface area contributed by atoms with Gasteiger partial charge in [-0.25, -0.2) is 9.97 Å². The van der Waals surface area contributed by atoms with Gasteiger partial charge >= 0.3 is 0 Å². The van der Waals surface area contributed by atoms with Crippen LogP contribution in [0.15, 0.2) is 36.7 Å². The van der Waals surface area contributed by atoms with Crippen molar-refractivity contribution < 1.29 is 0 Å². The van der Waals surface area contributed by atoms with E-state index < -0.39 is 0 Å². The van der Waals surface area contributed by atoms with Crippen LogP contribution in [0.4, 0.5) is 11.6 Å². The van der Waals surface area contributed by atoms with Crippen LogP contribution in [0.2, 0.25) is 0 Å². The summed E-state index contributed by atoms with van der Waals surface area (Å²) in [5.74, 6) is 0.657. The van der Waals surface area contributed by atoms with Crippen molar-refractivity contribution >= 4 is 40.1 Å². The van der Waals surface area contributed by atoms with Crippen molar-refractivity contribution in [3.8, 4) is 0 Å². The molecule has 18 heavy (non-hydrogen) atoms. The van der Waals surface area contributed by atoms with Gasteiger partial charge in [0.05, 0.1) is 0 Å². The van der Waals surface area contributed by atoms with Crippen LogP contribution in [-0.4, -0.2) is 22.9 Å². The Bertz CT molecular complexity index is 567. The Morgan fingerprint density at radius 1 is 1.33 bits per heavy atom. The van der Waals surface area contributed by atoms with Gasteiger partial charge in [0.15, 0.2) is 0 Å². The minimum absolute atomic E-state index is 0.0498. The molecule has 92 valence electrons. The highest BCUT2D eigenvalue weighted by atomic mass is 127. The molecule has 3 N–H and O–H groups in total. The summed E-state index contributed by atoms with van der Waals surface area (Å²) in [6.07, 6.45) is 3.52. The molecule has 2 rings (SSSR count). The molecular weight excluding hydrogens is 341 g/mol. The summed E-state index contributed by atoms with van der Waals surface area (Å²) in [6, 6.07) is 7.42. The highest BCUT2D eigenvalue weighted by Crippen LogP contribution is 2.20. The monoisotopic (exact) mass is 353 g/mol. The zero-order chi connectivity index (χ0) is 13.1. The summed E-state index contributed by atoms with van der Waals surface area (Å²) in [6.45, 7) is 0. The van der Waals surface area contributed by atoms with Crippen LogP contribution in [0, 0.1) is 8.98 Å². The summed E-state index contributed by atoms with van der Waals surface area (Å²) < 4.78 is 0.988. The molecule has 1 aromatic carbocycles. The number of amidine groups is 1. The van der Waals surface area contributed by atoms with Crippen molar-refractivity contribution in [2.24, 2.45) is 5.73 Å². The standard InChI is InChI=1S/C12H12IN5/c1-18(12-16-6-9(13)7-17-12)10-4-2-3-8(5-10)11(14)15/h2-7H,1H3,(H3,14,15). The summed E-state index contributed by atoms with van der Waals surface area (Å²) in [5.41, 5.74) is 7.05. The predicted molar refractivity (Wildman–Crippen MR) is 80.3 cm³/mol. The lowest BCUT2D eigenvalue weighted by Crippen LogP contribution is -2.15. The highest BCUT2D eigenvalue weighted by molar-refractivity contribution is 14.1. The number of nitrogens with one attached hydrogen (secondary N) is 1. The minimum Gasteiger partial charge on any atom is -0.384 e. The van der Waals surface area contributed by atoms with Gasteiger partial charge in [0.1, 0.15) is 5.84 Å². The third kappa shape index (κ3) is 2.76. The molecule has 1 aromatic heterocycles. The summed E-state index contributed by atoms with van der Waals surface area (Å²) >= 11 is 2.16. The van der Waals surface area contributed by atoms with Crippen molar-refractivity contribution in [2.75, 3.05) is 11.9 Å². The number of anilines is 2.